The Morgan fingerprint density at radius 3 is 2.39 bits per heavy atom. The van der Waals surface area contributed by atoms with E-state index >= 15 is 0 Å². The van der Waals surface area contributed by atoms with E-state index in [4.69, 9.17) is 9.47 Å². The Balaban J connectivity index is 1.86. The lowest BCUT2D eigenvalue weighted by Gasteiger charge is -2.24. The highest BCUT2D eigenvalue weighted by molar-refractivity contribution is 5.72. The molecule has 1 amide bonds. The summed E-state index contributed by atoms with van der Waals surface area (Å²) in [4.78, 5) is 24.6. The van der Waals surface area contributed by atoms with Crippen molar-refractivity contribution in [3.8, 4) is 5.75 Å². The Kier molecular flexibility index (Phi) is 10.8. The lowest BCUT2D eigenvalue weighted by Crippen LogP contribution is -2.38. The van der Waals surface area contributed by atoms with Crippen LogP contribution < -0.4 is 4.74 Å². The summed E-state index contributed by atoms with van der Waals surface area (Å²) in [5.41, 5.74) is 0.761. The van der Waals surface area contributed by atoms with Crippen molar-refractivity contribution >= 4 is 12.1 Å². The molecular weight excluding hydrogens is 443 g/mol. The van der Waals surface area contributed by atoms with E-state index < -0.39 is 30.9 Å². The van der Waals surface area contributed by atoms with Crippen molar-refractivity contribution in [3.05, 3.63) is 29.8 Å². The fourth-order valence-electron chi connectivity index (χ4n) is 3.79. The van der Waals surface area contributed by atoms with Gasteiger partial charge in [-0.2, -0.15) is 13.2 Å². The smallest absolute Gasteiger partial charge is 0.422 e. The number of amides is 1. The molecule has 1 unspecified atom stereocenters. The van der Waals surface area contributed by atoms with E-state index in [1.807, 2.05) is 0 Å². The minimum atomic E-state index is -4.58. The van der Waals surface area contributed by atoms with Gasteiger partial charge in [0.05, 0.1) is 6.54 Å². The van der Waals surface area contributed by atoms with Crippen LogP contribution in [0.1, 0.15) is 44.6 Å². The number of aliphatic carboxylic acids is 1. The average molecular weight is 476 g/mol. The van der Waals surface area contributed by atoms with E-state index in [-0.39, 0.29) is 19.6 Å². The molecule has 10 heteroatoms. The van der Waals surface area contributed by atoms with Crippen molar-refractivity contribution < 1.29 is 42.1 Å². The third kappa shape index (κ3) is 10.3. The Labute approximate surface area is 191 Å². The summed E-state index contributed by atoms with van der Waals surface area (Å²) in [5.74, 6) is -0.0589. The number of benzene rings is 1. The highest BCUT2D eigenvalue weighted by atomic mass is 19.4. The summed E-state index contributed by atoms with van der Waals surface area (Å²) in [7, 11) is 0. The van der Waals surface area contributed by atoms with Crippen LogP contribution in [-0.4, -0.2) is 67.3 Å². The maximum absolute atomic E-state index is 12.4. The molecule has 1 aromatic rings. The second-order valence-corrected chi connectivity index (χ2v) is 8.07. The minimum absolute atomic E-state index is 0.0851. The van der Waals surface area contributed by atoms with Crippen LogP contribution in [0.15, 0.2) is 24.3 Å². The van der Waals surface area contributed by atoms with Crippen LogP contribution in [0, 0.1) is 5.92 Å². The van der Waals surface area contributed by atoms with Crippen molar-refractivity contribution in [2.75, 3.05) is 32.9 Å². The van der Waals surface area contributed by atoms with Crippen molar-refractivity contribution in [1.29, 1.82) is 0 Å². The number of ether oxygens (including phenoxy) is 3. The van der Waals surface area contributed by atoms with Crippen LogP contribution in [0.2, 0.25) is 0 Å². The van der Waals surface area contributed by atoms with Gasteiger partial charge < -0.3 is 24.2 Å². The van der Waals surface area contributed by atoms with Gasteiger partial charge in [-0.3, -0.25) is 0 Å². The fourth-order valence-corrected chi connectivity index (χ4v) is 3.79. The van der Waals surface area contributed by atoms with E-state index in [0.717, 1.165) is 37.7 Å². The van der Waals surface area contributed by atoms with Gasteiger partial charge in [-0.1, -0.05) is 37.8 Å². The van der Waals surface area contributed by atoms with Gasteiger partial charge in [0.15, 0.2) is 12.7 Å². The van der Waals surface area contributed by atoms with Gasteiger partial charge in [-0.15, -0.1) is 0 Å². The summed E-state index contributed by atoms with van der Waals surface area (Å²) < 4.78 is 52.5. The number of carboxylic acid groups (broad SMARTS) is 1. The molecule has 0 bridgehead atoms. The van der Waals surface area contributed by atoms with E-state index in [0.29, 0.717) is 24.8 Å². The summed E-state index contributed by atoms with van der Waals surface area (Å²) in [6.07, 6.45) is -1.16. The molecule has 1 N–H and O–H groups in total. The maximum atomic E-state index is 12.4. The van der Waals surface area contributed by atoms with Gasteiger partial charge in [-0.05, 0) is 37.0 Å². The van der Waals surface area contributed by atoms with Gasteiger partial charge in [-0.25, -0.2) is 9.59 Å². The van der Waals surface area contributed by atoms with Gasteiger partial charge in [0.25, 0.3) is 0 Å². The largest absolute Gasteiger partial charge is 0.492 e. The number of hydrogen-bond donors (Lipinski definition) is 1. The van der Waals surface area contributed by atoms with Crippen LogP contribution in [0.5, 0.6) is 5.75 Å². The van der Waals surface area contributed by atoms with E-state index in [9.17, 15) is 27.9 Å². The molecule has 1 aromatic carbocycles. The molecule has 186 valence electrons. The number of carbonyl (C=O) groups is 2. The highest BCUT2D eigenvalue weighted by Gasteiger charge is 2.31. The van der Waals surface area contributed by atoms with E-state index in [2.05, 4.69) is 4.74 Å². The lowest BCUT2D eigenvalue weighted by molar-refractivity contribution is -0.162. The number of alkyl halides is 3. The normalized spacial score (nSPS) is 15.3. The Bertz CT molecular complexity index is 735. The number of rotatable bonds is 13. The molecule has 0 aromatic heterocycles. The Hall–Kier alpha value is -2.49. The van der Waals surface area contributed by atoms with Gasteiger partial charge >= 0.3 is 18.2 Å². The third-order valence-electron chi connectivity index (χ3n) is 5.52. The summed E-state index contributed by atoms with van der Waals surface area (Å²) in [6, 6.07) is 6.79. The molecule has 0 radical (unpaired) electrons. The number of carbonyl (C=O) groups excluding carboxylic acids is 1. The predicted molar refractivity (Wildman–Crippen MR) is 114 cm³/mol. The molecule has 2 rings (SSSR count). The first kappa shape index (κ1) is 26.8. The Morgan fingerprint density at radius 2 is 1.82 bits per heavy atom. The number of carboxylic acids is 1. The average Bonchev–Trinajstić information content (AvgIpc) is 3.28. The topological polar surface area (TPSA) is 85.3 Å². The van der Waals surface area contributed by atoms with Gasteiger partial charge in [0.2, 0.25) is 0 Å². The zero-order chi connectivity index (χ0) is 24.3. The second-order valence-electron chi connectivity index (χ2n) is 8.07. The molecule has 0 saturated heterocycles. The first-order valence-corrected chi connectivity index (χ1v) is 11.2. The van der Waals surface area contributed by atoms with Crippen LogP contribution in [0.25, 0.3) is 0 Å². The standard InChI is InChI=1S/C23H32F3NO6/c1-2-31-20(21(28)29)15-18-7-9-19(10-8-18)32-14-13-27(12-11-17-5-3-4-6-17)22(30)33-16-23(24,25)26/h7-10,17,20H,2-6,11-16H2,1H3,(H,28,29). The fraction of sp³-hybridized carbons (Fsp3) is 0.652. The third-order valence-corrected chi connectivity index (χ3v) is 5.52. The van der Waals surface area contributed by atoms with Crippen LogP contribution in [0.4, 0.5) is 18.0 Å². The summed E-state index contributed by atoms with van der Waals surface area (Å²) in [5, 5.41) is 9.17. The molecule has 1 aliphatic rings. The molecule has 1 fully saturated rings. The van der Waals surface area contributed by atoms with Crippen LogP contribution in [0.3, 0.4) is 0 Å². The van der Waals surface area contributed by atoms with Gasteiger partial charge in [0.1, 0.15) is 12.4 Å². The molecule has 33 heavy (non-hydrogen) atoms. The van der Waals surface area contributed by atoms with Crippen molar-refractivity contribution in [3.63, 3.8) is 0 Å². The number of hydrogen-bond acceptors (Lipinski definition) is 5. The predicted octanol–water partition coefficient (Wildman–Crippen LogP) is 4.68. The van der Waals surface area contributed by atoms with Crippen LogP contribution in [-0.2, 0) is 20.7 Å². The summed E-state index contributed by atoms with van der Waals surface area (Å²) >= 11 is 0. The minimum Gasteiger partial charge on any atom is -0.492 e. The zero-order valence-electron chi connectivity index (χ0n) is 18.8. The number of nitrogens with zero attached hydrogens (tertiary/aromatic N) is 1. The lowest BCUT2D eigenvalue weighted by atomic mass is 10.0. The molecule has 1 atom stereocenters. The molecule has 0 heterocycles. The monoisotopic (exact) mass is 475 g/mol. The van der Waals surface area contributed by atoms with Crippen LogP contribution >= 0.6 is 0 Å². The molecular formula is C23H32F3NO6. The van der Waals surface area contributed by atoms with Crippen molar-refractivity contribution in [2.24, 2.45) is 5.92 Å². The SMILES string of the molecule is CCOC(Cc1ccc(OCCN(CCC2CCCC2)C(=O)OCC(F)(F)F)cc1)C(=O)O. The quantitative estimate of drug-likeness (QED) is 0.446. The number of halogens is 3. The molecule has 7 nitrogen and oxygen atoms in total. The second kappa shape index (κ2) is 13.3. The van der Waals surface area contributed by atoms with E-state index in [1.165, 1.54) is 4.90 Å². The molecule has 1 aliphatic carbocycles. The van der Waals surface area contributed by atoms with Gasteiger partial charge in [0, 0.05) is 19.6 Å². The molecule has 0 aliphatic heterocycles. The first-order chi connectivity index (χ1) is 15.7. The maximum Gasteiger partial charge on any atom is 0.422 e. The Morgan fingerprint density at radius 1 is 1.15 bits per heavy atom. The zero-order valence-corrected chi connectivity index (χ0v) is 18.8. The van der Waals surface area contributed by atoms with E-state index in [1.54, 1.807) is 31.2 Å². The molecule has 1 saturated carbocycles. The molecule has 0 spiro atoms. The first-order valence-electron chi connectivity index (χ1n) is 11.2. The summed E-state index contributed by atoms with van der Waals surface area (Å²) in [6.45, 7) is 0.896. The van der Waals surface area contributed by atoms with Crippen molar-refractivity contribution in [1.82, 2.24) is 4.90 Å². The highest BCUT2D eigenvalue weighted by Crippen LogP contribution is 2.27. The van der Waals surface area contributed by atoms with Crippen molar-refractivity contribution in [2.45, 2.75) is 57.7 Å².